The van der Waals surface area contributed by atoms with E-state index in [0.29, 0.717) is 18.4 Å². The summed E-state index contributed by atoms with van der Waals surface area (Å²) in [5.41, 5.74) is 6.22. The molecule has 0 amide bonds. The van der Waals surface area contributed by atoms with Crippen molar-refractivity contribution in [2.24, 2.45) is 5.92 Å². The molecule has 5 heteroatoms. The first-order valence-electron chi connectivity index (χ1n) is 11.0. The van der Waals surface area contributed by atoms with Gasteiger partial charge in [-0.3, -0.25) is 0 Å². The third-order valence-electron chi connectivity index (χ3n) is 5.80. The molecular weight excluding hydrogens is 358 g/mol. The van der Waals surface area contributed by atoms with E-state index in [9.17, 15) is 0 Å². The van der Waals surface area contributed by atoms with Crippen molar-refractivity contribution in [2.75, 3.05) is 0 Å². The Bertz CT molecular complexity index is 903. The number of nitriles is 1. The monoisotopic (exact) mass is 394 g/mol. The molecule has 0 aliphatic heterocycles. The van der Waals surface area contributed by atoms with Gasteiger partial charge in [-0.25, -0.2) is 14.1 Å². The first-order chi connectivity index (χ1) is 13.8. The Morgan fingerprint density at radius 1 is 1.28 bits per heavy atom. The maximum absolute atomic E-state index is 9.14. The maximum atomic E-state index is 9.14. The highest BCUT2D eigenvalue weighted by Gasteiger charge is 2.31. The van der Waals surface area contributed by atoms with Crippen LogP contribution in [0.3, 0.4) is 0 Å². The molecule has 0 atom stereocenters. The van der Waals surface area contributed by atoms with Crippen LogP contribution in [0.5, 0.6) is 0 Å². The van der Waals surface area contributed by atoms with Gasteiger partial charge < -0.3 is 4.57 Å². The van der Waals surface area contributed by atoms with Gasteiger partial charge in [0.15, 0.2) is 11.4 Å². The highest BCUT2D eigenvalue weighted by atomic mass is 15.2. The second kappa shape index (κ2) is 8.98. The van der Waals surface area contributed by atoms with Gasteiger partial charge in [0.2, 0.25) is 6.33 Å². The summed E-state index contributed by atoms with van der Waals surface area (Å²) in [6.45, 7) is 17.8. The number of hydrogen-bond acceptors (Lipinski definition) is 2. The number of aryl methyl sites for hydroxylation is 1. The number of imidazole rings is 2. The van der Waals surface area contributed by atoms with E-state index in [-0.39, 0.29) is 0 Å². The minimum Gasteiger partial charge on any atom is -0.320 e. The van der Waals surface area contributed by atoms with Gasteiger partial charge in [0.25, 0.3) is 0 Å². The SMILES string of the molecule is C=C(C)c1c(C(C)C)n(CCCc2c(C(C)C)ncn2CC#N)c[n+]1CC1CC1. The van der Waals surface area contributed by atoms with Crippen LogP contribution in [-0.4, -0.2) is 14.1 Å². The Morgan fingerprint density at radius 3 is 2.55 bits per heavy atom. The molecule has 0 bridgehead atoms. The number of allylic oxidation sites excluding steroid dienone is 1. The van der Waals surface area contributed by atoms with E-state index in [4.69, 9.17) is 5.26 Å². The first-order valence-corrected chi connectivity index (χ1v) is 11.0. The molecule has 0 radical (unpaired) electrons. The summed E-state index contributed by atoms with van der Waals surface area (Å²) in [7, 11) is 0. The molecule has 0 aromatic carbocycles. The van der Waals surface area contributed by atoms with Crippen molar-refractivity contribution in [3.8, 4) is 6.07 Å². The summed E-state index contributed by atoms with van der Waals surface area (Å²) in [6, 6.07) is 2.26. The van der Waals surface area contributed by atoms with Gasteiger partial charge in [-0.2, -0.15) is 5.26 Å². The Hall–Kier alpha value is -2.35. The van der Waals surface area contributed by atoms with Gasteiger partial charge in [0, 0.05) is 11.6 Å². The summed E-state index contributed by atoms with van der Waals surface area (Å²) >= 11 is 0. The number of nitrogens with zero attached hydrogens (tertiary/aromatic N) is 5. The van der Waals surface area contributed by atoms with E-state index >= 15 is 0 Å². The molecule has 0 saturated heterocycles. The topological polar surface area (TPSA) is 50.4 Å². The van der Waals surface area contributed by atoms with Crippen molar-refractivity contribution in [1.29, 1.82) is 5.26 Å². The van der Waals surface area contributed by atoms with E-state index < -0.39 is 0 Å². The van der Waals surface area contributed by atoms with Crippen LogP contribution in [-0.2, 0) is 26.1 Å². The Labute approximate surface area is 175 Å². The average Bonchev–Trinajstić information content (AvgIpc) is 3.24. The molecule has 3 rings (SSSR count). The predicted molar refractivity (Wildman–Crippen MR) is 116 cm³/mol. The molecule has 1 aliphatic rings. The Balaban J connectivity index is 1.81. The number of aromatic nitrogens is 4. The van der Waals surface area contributed by atoms with Gasteiger partial charge in [0.1, 0.15) is 6.54 Å². The molecule has 2 aromatic rings. The highest BCUT2D eigenvalue weighted by Crippen LogP contribution is 2.31. The van der Waals surface area contributed by atoms with Crippen LogP contribution in [0.2, 0.25) is 0 Å². The summed E-state index contributed by atoms with van der Waals surface area (Å²) in [5, 5.41) is 9.14. The van der Waals surface area contributed by atoms with Crippen LogP contribution in [0.15, 0.2) is 19.2 Å². The standard InChI is InChI=1S/C24H36N5/c1-17(2)22-21(27(13-11-25)15-26-22)8-7-12-28-16-29(14-20-9-10-20)24(19(5)6)23(28)18(3)4/h15-18,20H,5,7-10,12-14H2,1-4,6H3/q+1. The van der Waals surface area contributed by atoms with Gasteiger partial charge in [-0.15, -0.1) is 0 Å². The minimum atomic E-state index is 0.372. The van der Waals surface area contributed by atoms with Gasteiger partial charge in [0.05, 0.1) is 31.2 Å². The molecule has 2 heterocycles. The van der Waals surface area contributed by atoms with Crippen molar-refractivity contribution in [2.45, 2.75) is 91.8 Å². The van der Waals surface area contributed by atoms with Crippen LogP contribution in [0.4, 0.5) is 0 Å². The van der Waals surface area contributed by atoms with Crippen LogP contribution >= 0.6 is 0 Å². The maximum Gasteiger partial charge on any atom is 0.244 e. The predicted octanol–water partition coefficient (Wildman–Crippen LogP) is 4.82. The lowest BCUT2D eigenvalue weighted by atomic mass is 10.0. The minimum absolute atomic E-state index is 0.372. The zero-order valence-corrected chi connectivity index (χ0v) is 18.8. The van der Waals surface area contributed by atoms with Crippen LogP contribution < -0.4 is 4.57 Å². The largest absolute Gasteiger partial charge is 0.320 e. The van der Waals surface area contributed by atoms with Crippen LogP contribution in [0.25, 0.3) is 5.57 Å². The lowest BCUT2D eigenvalue weighted by Gasteiger charge is -2.10. The summed E-state index contributed by atoms with van der Waals surface area (Å²) < 4.78 is 6.90. The zero-order valence-electron chi connectivity index (χ0n) is 18.8. The molecule has 0 spiro atoms. The highest BCUT2D eigenvalue weighted by molar-refractivity contribution is 5.58. The first kappa shape index (κ1) is 21.4. The quantitative estimate of drug-likeness (QED) is 0.543. The van der Waals surface area contributed by atoms with E-state index in [0.717, 1.165) is 43.1 Å². The molecule has 1 saturated carbocycles. The average molecular weight is 395 g/mol. The fourth-order valence-electron chi connectivity index (χ4n) is 4.34. The Kier molecular flexibility index (Phi) is 6.62. The molecule has 156 valence electrons. The van der Waals surface area contributed by atoms with Gasteiger partial charge >= 0.3 is 0 Å². The molecule has 29 heavy (non-hydrogen) atoms. The van der Waals surface area contributed by atoms with Crippen LogP contribution in [0.1, 0.15) is 88.5 Å². The Morgan fingerprint density at radius 2 is 2.00 bits per heavy atom. The van der Waals surface area contributed by atoms with E-state index in [1.54, 1.807) is 0 Å². The van der Waals surface area contributed by atoms with Crippen molar-refractivity contribution < 1.29 is 4.57 Å². The molecule has 1 fully saturated rings. The lowest BCUT2D eigenvalue weighted by Crippen LogP contribution is -2.36. The van der Waals surface area contributed by atoms with E-state index in [2.05, 4.69) is 67.7 Å². The van der Waals surface area contributed by atoms with E-state index in [1.807, 2.05) is 10.9 Å². The van der Waals surface area contributed by atoms with Crippen molar-refractivity contribution in [3.05, 3.63) is 42.0 Å². The van der Waals surface area contributed by atoms with E-state index in [1.165, 1.54) is 29.9 Å². The fraction of sp³-hybridized carbons (Fsp3) is 0.625. The lowest BCUT2D eigenvalue weighted by molar-refractivity contribution is -0.701. The second-order valence-corrected chi connectivity index (χ2v) is 9.19. The van der Waals surface area contributed by atoms with Crippen LogP contribution in [0, 0.1) is 17.2 Å². The molecule has 5 nitrogen and oxygen atoms in total. The van der Waals surface area contributed by atoms with Gasteiger partial charge in [-0.1, -0.05) is 34.3 Å². The normalized spacial score (nSPS) is 14.0. The molecule has 2 aromatic heterocycles. The third kappa shape index (κ3) is 4.80. The fourth-order valence-corrected chi connectivity index (χ4v) is 4.34. The zero-order chi connectivity index (χ0) is 21.1. The van der Waals surface area contributed by atoms with Gasteiger partial charge in [-0.05, 0) is 50.0 Å². The smallest absolute Gasteiger partial charge is 0.244 e. The molecule has 1 aliphatic carbocycles. The molecule has 0 unspecified atom stereocenters. The summed E-state index contributed by atoms with van der Waals surface area (Å²) in [4.78, 5) is 4.58. The number of rotatable bonds is 10. The van der Waals surface area contributed by atoms with Crippen molar-refractivity contribution >= 4 is 5.57 Å². The molecular formula is C24H36N5+. The second-order valence-electron chi connectivity index (χ2n) is 9.19. The number of hydrogen-bond donors (Lipinski definition) is 0. The third-order valence-corrected chi connectivity index (χ3v) is 5.80. The summed E-state index contributed by atoms with van der Waals surface area (Å²) in [6.07, 6.45) is 8.82. The van der Waals surface area contributed by atoms with Crippen molar-refractivity contribution in [1.82, 2.24) is 14.1 Å². The summed E-state index contributed by atoms with van der Waals surface area (Å²) in [5.74, 6) is 1.67. The molecule has 0 N–H and O–H groups in total. The van der Waals surface area contributed by atoms with Crippen molar-refractivity contribution in [3.63, 3.8) is 0 Å².